The first-order valence-corrected chi connectivity index (χ1v) is 7.39. The van der Waals surface area contributed by atoms with Crippen LogP contribution in [0.2, 0.25) is 0 Å². The summed E-state index contributed by atoms with van der Waals surface area (Å²) < 4.78 is 5.77. The summed E-state index contributed by atoms with van der Waals surface area (Å²) in [5.74, 6) is 0. The summed E-state index contributed by atoms with van der Waals surface area (Å²) in [6.45, 7) is 6.31. The van der Waals surface area contributed by atoms with Crippen LogP contribution in [0, 0.1) is 10.8 Å². The van der Waals surface area contributed by atoms with E-state index in [9.17, 15) is 0 Å². The van der Waals surface area contributed by atoms with Gasteiger partial charge in [0.2, 0.25) is 0 Å². The van der Waals surface area contributed by atoms with E-state index in [4.69, 9.17) is 4.74 Å². The highest BCUT2D eigenvalue weighted by molar-refractivity contribution is 9.09. The van der Waals surface area contributed by atoms with Gasteiger partial charge in [-0.2, -0.15) is 0 Å². The van der Waals surface area contributed by atoms with Crippen molar-refractivity contribution in [2.45, 2.75) is 33.3 Å². The molecule has 1 atom stereocenters. The number of ether oxygens (including phenoxy) is 1. The van der Waals surface area contributed by atoms with E-state index in [1.165, 1.54) is 12.0 Å². The van der Waals surface area contributed by atoms with Crippen LogP contribution in [-0.4, -0.2) is 11.9 Å². The van der Waals surface area contributed by atoms with Gasteiger partial charge in [-0.1, -0.05) is 60.1 Å². The van der Waals surface area contributed by atoms with Gasteiger partial charge in [0.1, 0.15) is 0 Å². The Kier molecular flexibility index (Phi) is 3.94. The molecule has 1 aliphatic carbocycles. The standard InChI is InChI=1S/C15H21BrO/c1-14(2)11-15(14,12-16)8-9-17-10-13-6-4-3-5-7-13/h3-7H,8-12H2,1-2H3. The molecule has 0 bridgehead atoms. The van der Waals surface area contributed by atoms with Gasteiger partial charge in [-0.25, -0.2) is 0 Å². The maximum atomic E-state index is 5.77. The Morgan fingerprint density at radius 1 is 1.24 bits per heavy atom. The molecule has 1 aliphatic rings. The number of alkyl halides is 1. The lowest BCUT2D eigenvalue weighted by molar-refractivity contribution is 0.102. The van der Waals surface area contributed by atoms with E-state index in [1.54, 1.807) is 0 Å². The summed E-state index contributed by atoms with van der Waals surface area (Å²) in [6.07, 6.45) is 2.48. The maximum absolute atomic E-state index is 5.77. The largest absolute Gasteiger partial charge is 0.377 e. The molecule has 1 aromatic rings. The van der Waals surface area contributed by atoms with Gasteiger partial charge in [-0.15, -0.1) is 0 Å². The first kappa shape index (κ1) is 13.1. The normalized spacial score (nSPS) is 25.8. The Bertz CT molecular complexity index is 360. The van der Waals surface area contributed by atoms with E-state index in [-0.39, 0.29) is 0 Å². The smallest absolute Gasteiger partial charge is 0.0716 e. The van der Waals surface area contributed by atoms with Gasteiger partial charge < -0.3 is 4.74 Å². The van der Waals surface area contributed by atoms with Gasteiger partial charge in [0, 0.05) is 11.9 Å². The fourth-order valence-electron chi connectivity index (χ4n) is 2.56. The molecular weight excluding hydrogens is 276 g/mol. The molecule has 94 valence electrons. The van der Waals surface area contributed by atoms with E-state index in [2.05, 4.69) is 54.0 Å². The molecular formula is C15H21BrO. The second-order valence-corrected chi connectivity index (χ2v) is 6.32. The van der Waals surface area contributed by atoms with Crippen molar-refractivity contribution < 1.29 is 4.74 Å². The third-order valence-electron chi connectivity index (χ3n) is 4.18. The molecule has 0 aliphatic heterocycles. The molecule has 1 unspecified atom stereocenters. The molecule has 2 rings (SSSR count). The molecule has 0 aromatic heterocycles. The Morgan fingerprint density at radius 3 is 2.41 bits per heavy atom. The third-order valence-corrected chi connectivity index (χ3v) is 5.26. The molecule has 1 aromatic carbocycles. The van der Waals surface area contributed by atoms with Gasteiger partial charge in [0.05, 0.1) is 6.61 Å². The summed E-state index contributed by atoms with van der Waals surface area (Å²) in [5.41, 5.74) is 2.23. The molecule has 0 spiro atoms. The SMILES string of the molecule is CC1(C)CC1(CBr)CCOCc1ccccc1. The zero-order valence-corrected chi connectivity index (χ0v) is 12.3. The number of halogens is 1. The molecule has 0 heterocycles. The van der Waals surface area contributed by atoms with Crippen LogP contribution in [-0.2, 0) is 11.3 Å². The summed E-state index contributed by atoms with van der Waals surface area (Å²) in [5, 5.41) is 1.10. The second-order valence-electron chi connectivity index (χ2n) is 5.76. The average molecular weight is 297 g/mol. The monoisotopic (exact) mass is 296 g/mol. The Balaban J connectivity index is 1.71. The highest BCUT2D eigenvalue weighted by atomic mass is 79.9. The lowest BCUT2D eigenvalue weighted by Crippen LogP contribution is -2.14. The highest BCUT2D eigenvalue weighted by Crippen LogP contribution is 2.66. The number of benzene rings is 1. The Labute approximate surface area is 113 Å². The topological polar surface area (TPSA) is 9.23 Å². The van der Waals surface area contributed by atoms with Crippen molar-refractivity contribution in [3.05, 3.63) is 35.9 Å². The number of rotatable bonds is 6. The van der Waals surface area contributed by atoms with E-state index < -0.39 is 0 Å². The van der Waals surface area contributed by atoms with Gasteiger partial charge >= 0.3 is 0 Å². The van der Waals surface area contributed by atoms with Crippen molar-refractivity contribution in [2.24, 2.45) is 10.8 Å². The van der Waals surface area contributed by atoms with Crippen molar-refractivity contribution in [1.82, 2.24) is 0 Å². The van der Waals surface area contributed by atoms with Crippen LogP contribution in [0.3, 0.4) is 0 Å². The molecule has 0 N–H and O–H groups in total. The molecule has 1 nitrogen and oxygen atoms in total. The van der Waals surface area contributed by atoms with Crippen LogP contribution >= 0.6 is 15.9 Å². The minimum atomic E-state index is 0.476. The minimum absolute atomic E-state index is 0.476. The van der Waals surface area contributed by atoms with E-state index >= 15 is 0 Å². The zero-order chi connectivity index (χ0) is 12.4. The predicted octanol–water partition coefficient (Wildman–Crippen LogP) is 4.40. The van der Waals surface area contributed by atoms with Crippen molar-refractivity contribution in [3.8, 4) is 0 Å². The number of hydrogen-bond donors (Lipinski definition) is 0. The first-order chi connectivity index (χ1) is 8.10. The molecule has 2 heteroatoms. The van der Waals surface area contributed by atoms with Crippen LogP contribution in [0.5, 0.6) is 0 Å². The van der Waals surface area contributed by atoms with Gasteiger partial charge in [-0.05, 0) is 29.2 Å². The van der Waals surface area contributed by atoms with Crippen LogP contribution < -0.4 is 0 Å². The molecule has 0 radical (unpaired) electrons. The maximum Gasteiger partial charge on any atom is 0.0716 e. The van der Waals surface area contributed by atoms with Gasteiger partial charge in [0.25, 0.3) is 0 Å². The lowest BCUT2D eigenvalue weighted by Gasteiger charge is -2.17. The molecule has 0 amide bonds. The van der Waals surface area contributed by atoms with Gasteiger partial charge in [-0.3, -0.25) is 0 Å². The lowest BCUT2D eigenvalue weighted by atomic mass is 9.95. The summed E-state index contributed by atoms with van der Waals surface area (Å²) in [7, 11) is 0. The fourth-order valence-corrected chi connectivity index (χ4v) is 3.79. The molecule has 1 saturated carbocycles. The summed E-state index contributed by atoms with van der Waals surface area (Å²) >= 11 is 3.65. The minimum Gasteiger partial charge on any atom is -0.377 e. The average Bonchev–Trinajstić information content (AvgIpc) is 2.89. The highest BCUT2D eigenvalue weighted by Gasteiger charge is 2.59. The van der Waals surface area contributed by atoms with Crippen LogP contribution in [0.25, 0.3) is 0 Å². The predicted molar refractivity (Wildman–Crippen MR) is 75.3 cm³/mol. The van der Waals surface area contributed by atoms with Crippen molar-refractivity contribution >= 4 is 15.9 Å². The van der Waals surface area contributed by atoms with Crippen LogP contribution in [0.4, 0.5) is 0 Å². The first-order valence-electron chi connectivity index (χ1n) is 6.27. The summed E-state index contributed by atoms with van der Waals surface area (Å²) in [6, 6.07) is 10.4. The number of hydrogen-bond acceptors (Lipinski definition) is 1. The Morgan fingerprint density at radius 2 is 1.88 bits per heavy atom. The quantitative estimate of drug-likeness (QED) is 0.558. The van der Waals surface area contributed by atoms with Crippen LogP contribution in [0.15, 0.2) is 30.3 Å². The molecule has 0 saturated heterocycles. The molecule has 1 fully saturated rings. The third kappa shape index (κ3) is 2.92. The van der Waals surface area contributed by atoms with E-state index in [0.717, 1.165) is 25.0 Å². The fraction of sp³-hybridized carbons (Fsp3) is 0.600. The van der Waals surface area contributed by atoms with E-state index in [0.29, 0.717) is 10.8 Å². The van der Waals surface area contributed by atoms with Crippen molar-refractivity contribution in [2.75, 3.05) is 11.9 Å². The van der Waals surface area contributed by atoms with E-state index in [1.807, 2.05) is 6.07 Å². The Hall–Kier alpha value is -0.340. The van der Waals surface area contributed by atoms with Crippen molar-refractivity contribution in [1.29, 1.82) is 0 Å². The second kappa shape index (κ2) is 5.11. The van der Waals surface area contributed by atoms with Gasteiger partial charge in [0.15, 0.2) is 0 Å². The van der Waals surface area contributed by atoms with Crippen molar-refractivity contribution in [3.63, 3.8) is 0 Å². The summed E-state index contributed by atoms with van der Waals surface area (Å²) in [4.78, 5) is 0. The zero-order valence-electron chi connectivity index (χ0n) is 10.7. The molecule has 17 heavy (non-hydrogen) atoms. The van der Waals surface area contributed by atoms with Crippen LogP contribution in [0.1, 0.15) is 32.3 Å².